The Morgan fingerprint density at radius 2 is 2.11 bits per heavy atom. The second-order valence-electron chi connectivity index (χ2n) is 4.49. The molecule has 0 radical (unpaired) electrons. The van der Waals surface area contributed by atoms with E-state index in [1.165, 1.54) is 12.3 Å². The largest absolute Gasteiger partial charge is 0.391 e. The number of aromatic amines is 1. The highest BCUT2D eigenvalue weighted by Gasteiger charge is 2.34. The zero-order valence-electron chi connectivity index (χ0n) is 9.95. The predicted octanol–water partition coefficient (Wildman–Crippen LogP) is 0.346. The number of aromatic nitrogens is 2. The lowest BCUT2D eigenvalue weighted by atomic mass is 10.1. The second kappa shape index (κ2) is 4.44. The number of H-pyrrole nitrogens is 1. The molecule has 1 aromatic carbocycles. The number of hydrogen-bond acceptors (Lipinski definition) is 4. The van der Waals surface area contributed by atoms with Crippen molar-refractivity contribution in [1.29, 1.82) is 0 Å². The molecule has 2 aromatic rings. The van der Waals surface area contributed by atoms with Gasteiger partial charge in [-0.2, -0.15) is 9.82 Å². The molecular weight excluding hydrogens is 266 g/mol. The SMILES string of the molecule is O=S(=O)(N[C@H]1c2ccccc2C[C@H]1O)c1ccn[nH]1. The van der Waals surface area contributed by atoms with Crippen molar-refractivity contribution in [2.45, 2.75) is 23.6 Å². The average Bonchev–Trinajstić information content (AvgIpc) is 2.99. The van der Waals surface area contributed by atoms with E-state index in [2.05, 4.69) is 14.9 Å². The third kappa shape index (κ3) is 2.16. The molecule has 0 aliphatic heterocycles. The van der Waals surface area contributed by atoms with Crippen LogP contribution in [0.1, 0.15) is 17.2 Å². The van der Waals surface area contributed by atoms with Crippen LogP contribution in [-0.4, -0.2) is 29.8 Å². The van der Waals surface area contributed by atoms with E-state index in [0.29, 0.717) is 6.42 Å². The summed E-state index contributed by atoms with van der Waals surface area (Å²) < 4.78 is 26.7. The normalized spacial score (nSPS) is 22.4. The van der Waals surface area contributed by atoms with Gasteiger partial charge in [-0.05, 0) is 17.2 Å². The van der Waals surface area contributed by atoms with Crippen LogP contribution in [0.3, 0.4) is 0 Å². The molecular formula is C12H13N3O3S. The summed E-state index contributed by atoms with van der Waals surface area (Å²) in [6.45, 7) is 0. The van der Waals surface area contributed by atoms with Gasteiger partial charge in [0.2, 0.25) is 0 Å². The standard InChI is InChI=1S/C12H13N3O3S/c16-10-7-8-3-1-2-4-9(8)12(10)15-19(17,18)11-5-6-13-14-11/h1-6,10,12,15-16H,7H2,(H,13,14)/t10-,12+/m1/s1. The highest BCUT2D eigenvalue weighted by Crippen LogP contribution is 2.32. The van der Waals surface area contributed by atoms with Crippen LogP contribution in [0.5, 0.6) is 0 Å². The second-order valence-corrected chi connectivity index (χ2v) is 6.17. The van der Waals surface area contributed by atoms with Gasteiger partial charge >= 0.3 is 0 Å². The fraction of sp³-hybridized carbons (Fsp3) is 0.250. The molecule has 2 atom stereocenters. The lowest BCUT2D eigenvalue weighted by Crippen LogP contribution is -2.34. The van der Waals surface area contributed by atoms with Crippen LogP contribution in [0, 0.1) is 0 Å². The molecule has 19 heavy (non-hydrogen) atoms. The Bertz CT molecular complexity index is 682. The van der Waals surface area contributed by atoms with Gasteiger partial charge in [0.15, 0.2) is 5.03 Å². The van der Waals surface area contributed by atoms with Crippen molar-refractivity contribution in [2.24, 2.45) is 0 Å². The van der Waals surface area contributed by atoms with E-state index in [9.17, 15) is 13.5 Å². The van der Waals surface area contributed by atoms with E-state index in [1.807, 2.05) is 24.3 Å². The Morgan fingerprint density at radius 3 is 2.84 bits per heavy atom. The van der Waals surface area contributed by atoms with Crippen LogP contribution in [0.15, 0.2) is 41.6 Å². The summed E-state index contributed by atoms with van der Waals surface area (Å²) in [5.74, 6) is 0. The van der Waals surface area contributed by atoms with Gasteiger partial charge < -0.3 is 5.11 Å². The summed E-state index contributed by atoms with van der Waals surface area (Å²) in [7, 11) is -3.70. The number of nitrogens with one attached hydrogen (secondary N) is 2. The molecule has 3 N–H and O–H groups in total. The van der Waals surface area contributed by atoms with Crippen LogP contribution >= 0.6 is 0 Å². The molecule has 1 aliphatic carbocycles. The Morgan fingerprint density at radius 1 is 1.32 bits per heavy atom. The molecule has 3 rings (SSSR count). The van der Waals surface area contributed by atoms with Gasteiger partial charge in [0.25, 0.3) is 10.0 Å². The Hall–Kier alpha value is -1.70. The third-order valence-corrected chi connectivity index (χ3v) is 4.62. The predicted molar refractivity (Wildman–Crippen MR) is 67.8 cm³/mol. The molecule has 1 heterocycles. The Balaban J connectivity index is 1.92. The summed E-state index contributed by atoms with van der Waals surface area (Å²) in [6, 6.07) is 8.17. The first-order valence-corrected chi connectivity index (χ1v) is 7.34. The minimum atomic E-state index is -3.70. The van der Waals surface area contributed by atoms with Gasteiger partial charge in [-0.25, -0.2) is 8.42 Å². The van der Waals surface area contributed by atoms with Crippen LogP contribution in [0.2, 0.25) is 0 Å². The van der Waals surface area contributed by atoms with Crippen LogP contribution in [-0.2, 0) is 16.4 Å². The molecule has 1 aromatic heterocycles. The molecule has 7 heteroatoms. The molecule has 0 spiro atoms. The molecule has 0 bridgehead atoms. The van der Waals surface area contributed by atoms with Crippen molar-refractivity contribution in [3.8, 4) is 0 Å². The van der Waals surface area contributed by atoms with Crippen molar-refractivity contribution in [1.82, 2.24) is 14.9 Å². The molecule has 0 amide bonds. The fourth-order valence-electron chi connectivity index (χ4n) is 2.34. The number of sulfonamides is 1. The highest BCUT2D eigenvalue weighted by molar-refractivity contribution is 7.89. The summed E-state index contributed by atoms with van der Waals surface area (Å²) in [5, 5.41) is 16.0. The first kappa shape index (κ1) is 12.3. The van der Waals surface area contributed by atoms with Gasteiger partial charge in [-0.1, -0.05) is 24.3 Å². The van der Waals surface area contributed by atoms with E-state index in [0.717, 1.165) is 11.1 Å². The number of nitrogens with zero attached hydrogens (tertiary/aromatic N) is 1. The maximum Gasteiger partial charge on any atom is 0.258 e. The van der Waals surface area contributed by atoms with Crippen molar-refractivity contribution in [3.63, 3.8) is 0 Å². The third-order valence-electron chi connectivity index (χ3n) is 3.25. The van der Waals surface area contributed by atoms with Crippen molar-refractivity contribution in [2.75, 3.05) is 0 Å². The van der Waals surface area contributed by atoms with Crippen molar-refractivity contribution < 1.29 is 13.5 Å². The molecule has 0 saturated heterocycles. The number of rotatable bonds is 3. The first-order valence-electron chi connectivity index (χ1n) is 5.85. The monoisotopic (exact) mass is 279 g/mol. The average molecular weight is 279 g/mol. The van der Waals surface area contributed by atoms with Gasteiger partial charge in [-0.15, -0.1) is 0 Å². The minimum Gasteiger partial charge on any atom is -0.391 e. The molecule has 0 fully saturated rings. The number of aliphatic hydroxyl groups is 1. The first-order chi connectivity index (χ1) is 9.08. The molecule has 0 saturated carbocycles. The molecule has 6 nitrogen and oxygen atoms in total. The van der Waals surface area contributed by atoms with E-state index < -0.39 is 22.2 Å². The summed E-state index contributed by atoms with van der Waals surface area (Å²) in [6.07, 6.45) is 1.06. The Kier molecular flexibility index (Phi) is 2.89. The highest BCUT2D eigenvalue weighted by atomic mass is 32.2. The van der Waals surface area contributed by atoms with E-state index in [4.69, 9.17) is 0 Å². The van der Waals surface area contributed by atoms with E-state index >= 15 is 0 Å². The maximum absolute atomic E-state index is 12.1. The molecule has 1 aliphatic rings. The quantitative estimate of drug-likeness (QED) is 0.755. The number of aliphatic hydroxyl groups excluding tert-OH is 1. The molecule has 0 unspecified atom stereocenters. The number of fused-ring (bicyclic) bond motifs is 1. The summed E-state index contributed by atoms with van der Waals surface area (Å²) in [4.78, 5) is 0. The topological polar surface area (TPSA) is 95.1 Å². The Labute approximate surface area is 110 Å². The fourth-order valence-corrected chi connectivity index (χ4v) is 3.50. The van der Waals surface area contributed by atoms with Crippen molar-refractivity contribution >= 4 is 10.0 Å². The maximum atomic E-state index is 12.1. The van der Waals surface area contributed by atoms with Crippen molar-refractivity contribution in [3.05, 3.63) is 47.7 Å². The van der Waals surface area contributed by atoms with Gasteiger partial charge in [0.1, 0.15) is 0 Å². The number of benzene rings is 1. The lowest BCUT2D eigenvalue weighted by Gasteiger charge is -2.17. The van der Waals surface area contributed by atoms with Crippen LogP contribution in [0.4, 0.5) is 0 Å². The van der Waals surface area contributed by atoms with E-state index in [-0.39, 0.29) is 5.03 Å². The lowest BCUT2D eigenvalue weighted by molar-refractivity contribution is 0.151. The van der Waals surface area contributed by atoms with Crippen LogP contribution < -0.4 is 4.72 Å². The van der Waals surface area contributed by atoms with Gasteiger partial charge in [-0.3, -0.25) is 5.10 Å². The zero-order chi connectivity index (χ0) is 13.5. The van der Waals surface area contributed by atoms with E-state index in [1.54, 1.807) is 0 Å². The van der Waals surface area contributed by atoms with Gasteiger partial charge in [0, 0.05) is 6.42 Å². The summed E-state index contributed by atoms with van der Waals surface area (Å²) in [5.41, 5.74) is 1.78. The smallest absolute Gasteiger partial charge is 0.258 e. The van der Waals surface area contributed by atoms with Crippen LogP contribution in [0.25, 0.3) is 0 Å². The number of hydrogen-bond donors (Lipinski definition) is 3. The zero-order valence-corrected chi connectivity index (χ0v) is 10.8. The van der Waals surface area contributed by atoms with Gasteiger partial charge in [0.05, 0.1) is 18.3 Å². The summed E-state index contributed by atoms with van der Waals surface area (Å²) >= 11 is 0. The minimum absolute atomic E-state index is 0.0101. The molecule has 100 valence electrons.